The normalized spacial score (nSPS) is 16.3. The summed E-state index contributed by atoms with van der Waals surface area (Å²) in [6, 6.07) is 2.32. The molecule has 0 saturated carbocycles. The van der Waals surface area contributed by atoms with E-state index in [0.29, 0.717) is 6.04 Å². The molecule has 0 bridgehead atoms. The molecule has 3 heterocycles. The molecule has 0 aromatic carbocycles. The molecular formula is C19H30N4OS2. The number of carbonyl (C=O) groups excluding carboxylic acids is 1. The SMILES string of the molecule is CCCCN1CCC(NC(=O)c2cc3sc(N(CC)CC)nc3s2)CC1. The van der Waals surface area contributed by atoms with Crippen LogP contribution >= 0.6 is 22.7 Å². The first-order chi connectivity index (χ1) is 12.6. The van der Waals surface area contributed by atoms with Crippen LogP contribution in [0, 0.1) is 0 Å². The number of unbranched alkanes of at least 4 members (excludes halogenated alkanes) is 1. The second kappa shape index (κ2) is 9.15. The van der Waals surface area contributed by atoms with Gasteiger partial charge in [0.1, 0.15) is 4.83 Å². The van der Waals surface area contributed by atoms with Gasteiger partial charge in [-0.2, -0.15) is 0 Å². The van der Waals surface area contributed by atoms with Crippen LogP contribution in [0.2, 0.25) is 0 Å². The number of carbonyl (C=O) groups is 1. The third-order valence-electron chi connectivity index (χ3n) is 5.09. The fourth-order valence-corrected chi connectivity index (χ4v) is 5.65. The second-order valence-corrected chi connectivity index (χ2v) is 8.93. The monoisotopic (exact) mass is 394 g/mol. The number of rotatable bonds is 8. The summed E-state index contributed by atoms with van der Waals surface area (Å²) in [5.41, 5.74) is 0. The molecule has 1 aliphatic heterocycles. The van der Waals surface area contributed by atoms with E-state index in [1.54, 1.807) is 11.3 Å². The first-order valence-corrected chi connectivity index (χ1v) is 11.5. The zero-order chi connectivity index (χ0) is 18.5. The smallest absolute Gasteiger partial charge is 0.261 e. The third kappa shape index (κ3) is 4.56. The Labute approximate surface area is 164 Å². The van der Waals surface area contributed by atoms with Gasteiger partial charge in [-0.3, -0.25) is 4.79 Å². The van der Waals surface area contributed by atoms with Gasteiger partial charge in [-0.25, -0.2) is 4.98 Å². The Morgan fingerprint density at radius 2 is 2.00 bits per heavy atom. The molecule has 0 spiro atoms. The summed E-state index contributed by atoms with van der Waals surface area (Å²) in [5.74, 6) is 0.0663. The third-order valence-corrected chi connectivity index (χ3v) is 7.31. The highest BCUT2D eigenvalue weighted by Crippen LogP contribution is 2.34. The Morgan fingerprint density at radius 3 is 2.62 bits per heavy atom. The number of piperidine rings is 1. The molecule has 2 aromatic heterocycles. The van der Waals surface area contributed by atoms with E-state index in [9.17, 15) is 4.79 Å². The van der Waals surface area contributed by atoms with E-state index in [1.165, 1.54) is 30.7 Å². The predicted octanol–water partition coefficient (Wildman–Crippen LogP) is 4.20. The van der Waals surface area contributed by atoms with Gasteiger partial charge in [0.25, 0.3) is 5.91 Å². The van der Waals surface area contributed by atoms with Crippen LogP contribution in [0.4, 0.5) is 5.13 Å². The van der Waals surface area contributed by atoms with E-state index in [-0.39, 0.29) is 5.91 Å². The Morgan fingerprint density at radius 1 is 1.27 bits per heavy atom. The maximum absolute atomic E-state index is 12.6. The highest BCUT2D eigenvalue weighted by Gasteiger charge is 2.22. The van der Waals surface area contributed by atoms with Crippen molar-refractivity contribution in [3.63, 3.8) is 0 Å². The number of thiazole rings is 1. The number of likely N-dealkylation sites (tertiary alicyclic amines) is 1. The number of fused-ring (bicyclic) bond motifs is 1. The van der Waals surface area contributed by atoms with Crippen LogP contribution in [-0.4, -0.2) is 54.6 Å². The van der Waals surface area contributed by atoms with Crippen molar-refractivity contribution in [2.24, 2.45) is 0 Å². The lowest BCUT2D eigenvalue weighted by Crippen LogP contribution is -2.44. The molecule has 0 unspecified atom stereocenters. The van der Waals surface area contributed by atoms with Gasteiger partial charge in [-0.15, -0.1) is 11.3 Å². The van der Waals surface area contributed by atoms with Crippen molar-refractivity contribution in [3.8, 4) is 0 Å². The van der Waals surface area contributed by atoms with E-state index >= 15 is 0 Å². The fraction of sp³-hybridized carbons (Fsp3) is 0.684. The average Bonchev–Trinajstić information content (AvgIpc) is 3.21. The summed E-state index contributed by atoms with van der Waals surface area (Å²) in [4.78, 5) is 23.9. The highest BCUT2D eigenvalue weighted by atomic mass is 32.1. The summed E-state index contributed by atoms with van der Waals surface area (Å²) in [5, 5.41) is 4.29. The maximum atomic E-state index is 12.6. The molecule has 5 nitrogen and oxygen atoms in total. The predicted molar refractivity (Wildman–Crippen MR) is 113 cm³/mol. The molecular weight excluding hydrogens is 364 g/mol. The van der Waals surface area contributed by atoms with Crippen molar-refractivity contribution in [3.05, 3.63) is 10.9 Å². The van der Waals surface area contributed by atoms with Gasteiger partial charge in [0.15, 0.2) is 5.13 Å². The number of nitrogens with one attached hydrogen (secondary N) is 1. The number of anilines is 1. The Balaban J connectivity index is 1.56. The van der Waals surface area contributed by atoms with Crippen LogP contribution in [0.3, 0.4) is 0 Å². The standard InChI is InChI=1S/C19H30N4OS2/c1-4-7-10-22-11-8-14(9-12-22)20-17(24)15-13-16-18(25-15)21-19(26-16)23(5-2)6-3/h13-14H,4-12H2,1-3H3,(H,20,24). The quantitative estimate of drug-likeness (QED) is 0.729. The number of thiophene rings is 1. The Hall–Kier alpha value is -1.18. The van der Waals surface area contributed by atoms with Gasteiger partial charge in [0.05, 0.1) is 9.58 Å². The largest absolute Gasteiger partial charge is 0.349 e. The summed E-state index contributed by atoms with van der Waals surface area (Å²) in [6.45, 7) is 11.8. The van der Waals surface area contributed by atoms with Crippen LogP contribution in [0.15, 0.2) is 6.07 Å². The first kappa shape index (κ1) is 19.6. The number of hydrogen-bond acceptors (Lipinski definition) is 6. The Bertz CT molecular complexity index is 683. The summed E-state index contributed by atoms with van der Waals surface area (Å²) in [7, 11) is 0. The number of nitrogens with zero attached hydrogens (tertiary/aromatic N) is 3. The topological polar surface area (TPSA) is 48.5 Å². The van der Waals surface area contributed by atoms with Crippen LogP contribution < -0.4 is 10.2 Å². The van der Waals surface area contributed by atoms with E-state index < -0.39 is 0 Å². The van der Waals surface area contributed by atoms with Gasteiger partial charge in [-0.05, 0) is 45.7 Å². The molecule has 7 heteroatoms. The second-order valence-electron chi connectivity index (χ2n) is 6.89. The number of amides is 1. The van der Waals surface area contributed by atoms with Gasteiger partial charge in [0.2, 0.25) is 0 Å². The summed E-state index contributed by atoms with van der Waals surface area (Å²) in [6.07, 6.45) is 4.63. The van der Waals surface area contributed by atoms with Gasteiger partial charge in [0, 0.05) is 32.2 Å². The molecule has 1 saturated heterocycles. The summed E-state index contributed by atoms with van der Waals surface area (Å²) < 4.78 is 1.12. The van der Waals surface area contributed by atoms with E-state index in [1.807, 2.05) is 6.07 Å². The van der Waals surface area contributed by atoms with Crippen molar-refractivity contribution in [1.29, 1.82) is 0 Å². The molecule has 0 atom stereocenters. The zero-order valence-corrected chi connectivity index (χ0v) is 17.7. The van der Waals surface area contributed by atoms with Crippen molar-refractivity contribution < 1.29 is 4.79 Å². The molecule has 0 radical (unpaired) electrons. The average molecular weight is 395 g/mol. The van der Waals surface area contributed by atoms with Crippen molar-refractivity contribution >= 4 is 43.2 Å². The molecule has 1 amide bonds. The molecule has 1 fully saturated rings. The molecule has 144 valence electrons. The fourth-order valence-electron chi connectivity index (χ4n) is 3.40. The lowest BCUT2D eigenvalue weighted by molar-refractivity contribution is 0.0915. The van der Waals surface area contributed by atoms with E-state index in [4.69, 9.17) is 4.98 Å². The summed E-state index contributed by atoms with van der Waals surface area (Å²) >= 11 is 3.20. The Kier molecular flexibility index (Phi) is 6.89. The van der Waals surface area contributed by atoms with Crippen LogP contribution in [0.25, 0.3) is 9.53 Å². The highest BCUT2D eigenvalue weighted by molar-refractivity contribution is 7.29. The van der Waals surface area contributed by atoms with Gasteiger partial charge < -0.3 is 15.1 Å². The van der Waals surface area contributed by atoms with Gasteiger partial charge in [-0.1, -0.05) is 24.7 Å². The lowest BCUT2D eigenvalue weighted by Gasteiger charge is -2.32. The molecule has 2 aromatic rings. The minimum absolute atomic E-state index is 0.0663. The van der Waals surface area contributed by atoms with E-state index in [0.717, 1.165) is 58.6 Å². The van der Waals surface area contributed by atoms with Crippen molar-refractivity contribution in [2.45, 2.75) is 52.5 Å². The molecule has 0 aliphatic carbocycles. The van der Waals surface area contributed by atoms with Crippen LogP contribution in [0.1, 0.15) is 56.1 Å². The number of aromatic nitrogens is 1. The van der Waals surface area contributed by atoms with E-state index in [2.05, 4.69) is 35.9 Å². The minimum Gasteiger partial charge on any atom is -0.349 e. The molecule has 1 aliphatic rings. The molecule has 3 rings (SSSR count). The first-order valence-electron chi connectivity index (χ1n) is 9.83. The molecule has 1 N–H and O–H groups in total. The number of hydrogen-bond donors (Lipinski definition) is 1. The van der Waals surface area contributed by atoms with Crippen molar-refractivity contribution in [1.82, 2.24) is 15.2 Å². The zero-order valence-electron chi connectivity index (χ0n) is 16.1. The van der Waals surface area contributed by atoms with Crippen LogP contribution in [-0.2, 0) is 0 Å². The van der Waals surface area contributed by atoms with Gasteiger partial charge >= 0.3 is 0 Å². The molecule has 26 heavy (non-hydrogen) atoms. The minimum atomic E-state index is 0.0663. The van der Waals surface area contributed by atoms with Crippen molar-refractivity contribution in [2.75, 3.05) is 37.6 Å². The van der Waals surface area contributed by atoms with Crippen LogP contribution in [0.5, 0.6) is 0 Å². The maximum Gasteiger partial charge on any atom is 0.261 e. The lowest BCUT2D eigenvalue weighted by atomic mass is 10.0.